The maximum Gasteiger partial charge on any atom is 0.198 e. The summed E-state index contributed by atoms with van der Waals surface area (Å²) in [5.41, 5.74) is 1.68. The van der Waals surface area contributed by atoms with Gasteiger partial charge in [-0.1, -0.05) is 25.1 Å². The van der Waals surface area contributed by atoms with Crippen LogP contribution in [0.25, 0.3) is 0 Å². The number of nitrogens with zero attached hydrogens (tertiary/aromatic N) is 3. The van der Waals surface area contributed by atoms with Crippen LogP contribution in [0.3, 0.4) is 0 Å². The number of benzene rings is 1. The first-order valence-electron chi connectivity index (χ1n) is 4.01. The van der Waals surface area contributed by atoms with Gasteiger partial charge in [-0.25, -0.2) is 0 Å². The van der Waals surface area contributed by atoms with Crippen molar-refractivity contribution in [2.75, 3.05) is 4.90 Å². The molecule has 0 aliphatic heterocycles. The highest BCUT2D eigenvalue weighted by Crippen LogP contribution is 2.19. The summed E-state index contributed by atoms with van der Waals surface area (Å²) in [7, 11) is 0. The quantitative estimate of drug-likeness (QED) is 0.505. The van der Waals surface area contributed by atoms with Gasteiger partial charge in [-0.3, -0.25) is 0 Å². The third-order valence-corrected chi connectivity index (χ3v) is 1.81. The molecule has 13 heavy (non-hydrogen) atoms. The Morgan fingerprint density at radius 1 is 1.23 bits per heavy atom. The highest BCUT2D eigenvalue weighted by Gasteiger charge is 2.07. The topological polar surface area (TPSA) is 50.8 Å². The number of nitriles is 2. The van der Waals surface area contributed by atoms with Crippen LogP contribution in [0.15, 0.2) is 24.3 Å². The minimum Gasteiger partial charge on any atom is -0.182 e. The molecule has 0 aromatic heterocycles. The van der Waals surface area contributed by atoms with Gasteiger partial charge in [0.25, 0.3) is 0 Å². The predicted octanol–water partition coefficient (Wildman–Crippen LogP) is 2.02. The first-order chi connectivity index (χ1) is 6.33. The van der Waals surface area contributed by atoms with Crippen LogP contribution in [-0.4, -0.2) is 0 Å². The van der Waals surface area contributed by atoms with E-state index in [-0.39, 0.29) is 0 Å². The minimum atomic E-state index is 0.676. The third-order valence-electron chi connectivity index (χ3n) is 1.81. The molecular weight excluding hydrogens is 162 g/mol. The lowest BCUT2D eigenvalue weighted by Crippen LogP contribution is -2.09. The number of para-hydroxylation sites is 1. The second-order valence-electron chi connectivity index (χ2n) is 2.52. The number of hydrogen-bond acceptors (Lipinski definition) is 3. The Morgan fingerprint density at radius 2 is 1.85 bits per heavy atom. The molecule has 1 aromatic carbocycles. The Kier molecular flexibility index (Phi) is 2.89. The van der Waals surface area contributed by atoms with Gasteiger partial charge in [0.1, 0.15) is 0 Å². The van der Waals surface area contributed by atoms with Crippen molar-refractivity contribution in [2.45, 2.75) is 13.3 Å². The summed E-state index contributed by atoms with van der Waals surface area (Å²) in [6, 6.07) is 7.40. The van der Waals surface area contributed by atoms with E-state index in [0.29, 0.717) is 5.69 Å². The van der Waals surface area contributed by atoms with Crippen LogP contribution in [0.2, 0.25) is 0 Å². The van der Waals surface area contributed by atoms with Crippen molar-refractivity contribution in [3.8, 4) is 12.4 Å². The smallest absolute Gasteiger partial charge is 0.182 e. The van der Waals surface area contributed by atoms with Crippen LogP contribution in [-0.2, 0) is 6.42 Å². The minimum absolute atomic E-state index is 0.676. The molecule has 0 unspecified atom stereocenters. The van der Waals surface area contributed by atoms with Gasteiger partial charge in [0.05, 0.1) is 5.69 Å². The Labute approximate surface area is 77.4 Å². The van der Waals surface area contributed by atoms with Gasteiger partial charge in [0.2, 0.25) is 0 Å². The van der Waals surface area contributed by atoms with Crippen molar-refractivity contribution >= 4 is 5.69 Å². The maximum atomic E-state index is 8.65. The summed E-state index contributed by atoms with van der Waals surface area (Å²) < 4.78 is 0. The maximum absolute atomic E-state index is 8.65. The van der Waals surface area contributed by atoms with E-state index in [4.69, 9.17) is 10.5 Å². The van der Waals surface area contributed by atoms with Gasteiger partial charge < -0.3 is 0 Å². The molecule has 1 aromatic rings. The molecule has 0 radical (unpaired) electrons. The first-order valence-corrected chi connectivity index (χ1v) is 4.01. The second-order valence-corrected chi connectivity index (χ2v) is 2.52. The van der Waals surface area contributed by atoms with Crippen molar-refractivity contribution in [3.05, 3.63) is 29.8 Å². The van der Waals surface area contributed by atoms with Gasteiger partial charge in [-0.05, 0) is 18.1 Å². The van der Waals surface area contributed by atoms with Gasteiger partial charge in [-0.2, -0.15) is 15.4 Å². The lowest BCUT2D eigenvalue weighted by atomic mass is 10.1. The summed E-state index contributed by atoms with van der Waals surface area (Å²) >= 11 is 0. The molecule has 0 spiro atoms. The zero-order chi connectivity index (χ0) is 9.68. The van der Waals surface area contributed by atoms with Gasteiger partial charge in [-0.15, -0.1) is 0 Å². The zero-order valence-electron chi connectivity index (χ0n) is 7.36. The fourth-order valence-corrected chi connectivity index (χ4v) is 1.16. The van der Waals surface area contributed by atoms with Gasteiger partial charge in [0, 0.05) is 0 Å². The van der Waals surface area contributed by atoms with Crippen LogP contribution in [0.4, 0.5) is 5.69 Å². The van der Waals surface area contributed by atoms with E-state index in [9.17, 15) is 0 Å². The highest BCUT2D eigenvalue weighted by molar-refractivity contribution is 5.59. The zero-order valence-corrected chi connectivity index (χ0v) is 7.36. The van der Waals surface area contributed by atoms with Crippen molar-refractivity contribution in [3.63, 3.8) is 0 Å². The largest absolute Gasteiger partial charge is 0.198 e. The van der Waals surface area contributed by atoms with Crippen LogP contribution >= 0.6 is 0 Å². The summed E-state index contributed by atoms with van der Waals surface area (Å²) in [4.78, 5) is 1.01. The Morgan fingerprint density at radius 3 is 2.38 bits per heavy atom. The van der Waals surface area contributed by atoms with E-state index in [1.165, 1.54) is 0 Å². The van der Waals surface area contributed by atoms with E-state index >= 15 is 0 Å². The molecule has 64 valence electrons. The predicted molar refractivity (Wildman–Crippen MR) is 49.5 cm³/mol. The summed E-state index contributed by atoms with van der Waals surface area (Å²) in [6.45, 7) is 1.99. The number of rotatable bonds is 2. The first kappa shape index (κ1) is 9.09. The van der Waals surface area contributed by atoms with E-state index < -0.39 is 0 Å². The fraction of sp³-hybridized carbons (Fsp3) is 0.200. The standard InChI is InChI=1S/C10H9N3/c1-2-9-5-3-4-6-10(9)13(7-11)8-12/h3-6H,2H2,1H3. The molecule has 0 saturated carbocycles. The van der Waals surface area contributed by atoms with Gasteiger partial charge >= 0.3 is 0 Å². The molecule has 3 nitrogen and oxygen atoms in total. The number of aryl methyl sites for hydroxylation is 1. The van der Waals surface area contributed by atoms with Gasteiger partial charge in [0.15, 0.2) is 12.4 Å². The van der Waals surface area contributed by atoms with Crippen molar-refractivity contribution in [1.82, 2.24) is 0 Å². The molecule has 1 rings (SSSR count). The van der Waals surface area contributed by atoms with E-state index in [1.807, 2.05) is 37.5 Å². The fourth-order valence-electron chi connectivity index (χ4n) is 1.16. The molecule has 3 heteroatoms. The number of hydrogen-bond donors (Lipinski definition) is 0. The van der Waals surface area contributed by atoms with E-state index in [1.54, 1.807) is 6.07 Å². The van der Waals surface area contributed by atoms with Crippen LogP contribution in [0, 0.1) is 22.9 Å². The summed E-state index contributed by atoms with van der Waals surface area (Å²) in [5.74, 6) is 0. The molecule has 0 saturated heterocycles. The highest BCUT2D eigenvalue weighted by atomic mass is 15.1. The lowest BCUT2D eigenvalue weighted by molar-refractivity contribution is 1.11. The van der Waals surface area contributed by atoms with Crippen molar-refractivity contribution in [2.24, 2.45) is 0 Å². The summed E-state index contributed by atoms with van der Waals surface area (Å²) in [5, 5.41) is 17.3. The van der Waals surface area contributed by atoms with Crippen LogP contribution in [0.1, 0.15) is 12.5 Å². The van der Waals surface area contributed by atoms with Crippen molar-refractivity contribution in [1.29, 1.82) is 10.5 Å². The number of anilines is 1. The molecule has 0 aliphatic carbocycles. The average molecular weight is 171 g/mol. The van der Waals surface area contributed by atoms with Crippen molar-refractivity contribution < 1.29 is 0 Å². The lowest BCUT2D eigenvalue weighted by Gasteiger charge is -2.09. The Hall–Kier alpha value is -2.00. The van der Waals surface area contributed by atoms with E-state index in [2.05, 4.69) is 0 Å². The Balaban J connectivity index is 3.15. The molecule has 0 atom stereocenters. The molecule has 0 amide bonds. The molecule has 0 aliphatic rings. The normalized spacial score (nSPS) is 8.54. The van der Waals surface area contributed by atoms with E-state index in [0.717, 1.165) is 16.9 Å². The van der Waals surface area contributed by atoms with Crippen LogP contribution in [0.5, 0.6) is 0 Å². The second kappa shape index (κ2) is 4.13. The monoisotopic (exact) mass is 171 g/mol. The average Bonchev–Trinajstić information content (AvgIpc) is 2.20. The summed E-state index contributed by atoms with van der Waals surface area (Å²) in [6.07, 6.45) is 4.45. The molecule has 0 N–H and O–H groups in total. The SMILES string of the molecule is CCc1ccccc1N(C#N)C#N. The van der Waals surface area contributed by atoms with Crippen LogP contribution < -0.4 is 4.90 Å². The third kappa shape index (κ3) is 1.77. The molecule has 0 bridgehead atoms. The molecular formula is C10H9N3. The Bertz CT molecular complexity index is 356. The molecule has 0 fully saturated rings. The molecule has 0 heterocycles.